The van der Waals surface area contributed by atoms with Crippen LogP contribution >= 0.6 is 0 Å². The minimum Gasteiger partial charge on any atom is -0.449 e. The fourth-order valence-corrected chi connectivity index (χ4v) is 3.36. The molecule has 4 aromatic rings. The minimum absolute atomic E-state index is 0.200. The Balaban J connectivity index is 1.47. The summed E-state index contributed by atoms with van der Waals surface area (Å²) in [7, 11) is 0. The number of rotatable bonds is 6. The van der Waals surface area contributed by atoms with Gasteiger partial charge in [-0.3, -0.25) is 4.79 Å². The summed E-state index contributed by atoms with van der Waals surface area (Å²) < 4.78 is 5.88. The Hall–Kier alpha value is -4.18. The lowest BCUT2D eigenvalue weighted by Gasteiger charge is -2.19. The van der Waals surface area contributed by atoms with Gasteiger partial charge in [-0.05, 0) is 54.4 Å². The van der Waals surface area contributed by atoms with Gasteiger partial charge in [-0.25, -0.2) is 4.79 Å². The molecule has 4 nitrogen and oxygen atoms in total. The number of esters is 1. The molecular formula is C28H23NO3. The van der Waals surface area contributed by atoms with Crippen LogP contribution in [0.25, 0.3) is 0 Å². The molecular weight excluding hydrogens is 398 g/mol. The van der Waals surface area contributed by atoms with Gasteiger partial charge in [0.15, 0.2) is 6.10 Å². The molecule has 0 heterocycles. The van der Waals surface area contributed by atoms with Crippen LogP contribution in [0, 0.1) is 6.92 Å². The zero-order valence-electron chi connectivity index (χ0n) is 17.7. The number of amides is 1. The number of hydrogen-bond acceptors (Lipinski definition) is 3. The highest BCUT2D eigenvalue weighted by molar-refractivity contribution is 6.04. The normalized spacial score (nSPS) is 10.6. The SMILES string of the molecule is Cc1ccc(C(=O)Nc2ccc(C(=O)OC(c3ccccc3)c3ccccc3)cc2)cc1. The van der Waals surface area contributed by atoms with E-state index >= 15 is 0 Å². The van der Waals surface area contributed by atoms with Gasteiger partial charge in [-0.2, -0.15) is 0 Å². The maximum absolute atomic E-state index is 12.9. The lowest BCUT2D eigenvalue weighted by molar-refractivity contribution is 0.0378. The van der Waals surface area contributed by atoms with Gasteiger partial charge < -0.3 is 10.1 Å². The number of benzene rings is 4. The number of aryl methyl sites for hydroxylation is 1. The topological polar surface area (TPSA) is 55.4 Å². The van der Waals surface area contributed by atoms with E-state index in [1.165, 1.54) is 0 Å². The molecule has 0 unspecified atom stereocenters. The zero-order chi connectivity index (χ0) is 22.3. The van der Waals surface area contributed by atoms with Gasteiger partial charge in [0.05, 0.1) is 5.56 Å². The molecule has 4 heteroatoms. The lowest BCUT2D eigenvalue weighted by atomic mass is 10.0. The summed E-state index contributed by atoms with van der Waals surface area (Å²) in [5.74, 6) is -0.632. The van der Waals surface area contributed by atoms with Crippen LogP contribution in [0.3, 0.4) is 0 Å². The molecule has 1 amide bonds. The monoisotopic (exact) mass is 421 g/mol. The maximum Gasteiger partial charge on any atom is 0.339 e. The Labute approximate surface area is 187 Å². The Kier molecular flexibility index (Phi) is 6.42. The summed E-state index contributed by atoms with van der Waals surface area (Å²) in [6, 6.07) is 33.3. The molecule has 0 aliphatic carbocycles. The van der Waals surface area contributed by atoms with Gasteiger partial charge in [0.2, 0.25) is 0 Å². The molecule has 0 atom stereocenters. The molecule has 0 bridgehead atoms. The molecule has 0 fully saturated rings. The first kappa shape index (κ1) is 21.1. The molecule has 0 saturated heterocycles. The van der Waals surface area contributed by atoms with Crippen LogP contribution in [0.5, 0.6) is 0 Å². The van der Waals surface area contributed by atoms with Crippen molar-refractivity contribution in [1.29, 1.82) is 0 Å². The third kappa shape index (κ3) is 5.10. The first-order chi connectivity index (χ1) is 15.6. The van der Waals surface area contributed by atoms with E-state index in [0.717, 1.165) is 16.7 Å². The molecule has 158 valence electrons. The summed E-state index contributed by atoms with van der Waals surface area (Å²) >= 11 is 0. The predicted molar refractivity (Wildman–Crippen MR) is 126 cm³/mol. The Morgan fingerprint density at radius 1 is 0.656 bits per heavy atom. The van der Waals surface area contributed by atoms with Crippen molar-refractivity contribution in [3.8, 4) is 0 Å². The summed E-state index contributed by atoms with van der Waals surface area (Å²) in [4.78, 5) is 25.3. The number of carbonyl (C=O) groups excluding carboxylic acids is 2. The van der Waals surface area contributed by atoms with E-state index in [1.807, 2.05) is 79.7 Å². The molecule has 4 aromatic carbocycles. The van der Waals surface area contributed by atoms with Crippen molar-refractivity contribution in [1.82, 2.24) is 0 Å². The smallest absolute Gasteiger partial charge is 0.339 e. The molecule has 0 aliphatic rings. The van der Waals surface area contributed by atoms with E-state index in [-0.39, 0.29) is 5.91 Å². The Morgan fingerprint density at radius 3 is 1.69 bits per heavy atom. The third-order valence-electron chi connectivity index (χ3n) is 5.12. The molecule has 0 spiro atoms. The largest absolute Gasteiger partial charge is 0.449 e. The number of anilines is 1. The highest BCUT2D eigenvalue weighted by Crippen LogP contribution is 2.27. The number of ether oxygens (including phenoxy) is 1. The summed E-state index contributed by atoms with van der Waals surface area (Å²) in [5.41, 5.74) is 4.48. The molecule has 0 aromatic heterocycles. The van der Waals surface area contributed by atoms with Gasteiger partial charge in [-0.15, -0.1) is 0 Å². The van der Waals surface area contributed by atoms with E-state index < -0.39 is 12.1 Å². The number of carbonyl (C=O) groups is 2. The second kappa shape index (κ2) is 9.75. The fourth-order valence-electron chi connectivity index (χ4n) is 3.36. The van der Waals surface area contributed by atoms with Crippen LogP contribution < -0.4 is 5.32 Å². The lowest BCUT2D eigenvalue weighted by Crippen LogP contribution is -2.14. The number of nitrogens with one attached hydrogen (secondary N) is 1. The molecule has 32 heavy (non-hydrogen) atoms. The van der Waals surface area contributed by atoms with E-state index in [2.05, 4.69) is 5.32 Å². The van der Waals surface area contributed by atoms with Crippen molar-refractivity contribution in [3.63, 3.8) is 0 Å². The Morgan fingerprint density at radius 2 is 1.16 bits per heavy atom. The zero-order valence-corrected chi connectivity index (χ0v) is 17.7. The van der Waals surface area contributed by atoms with Gasteiger partial charge in [0, 0.05) is 11.3 Å². The quantitative estimate of drug-likeness (QED) is 0.378. The highest BCUT2D eigenvalue weighted by atomic mass is 16.5. The molecule has 4 rings (SSSR count). The van der Waals surface area contributed by atoms with Crippen LogP contribution in [0.2, 0.25) is 0 Å². The van der Waals surface area contributed by atoms with E-state index in [1.54, 1.807) is 36.4 Å². The van der Waals surface area contributed by atoms with Gasteiger partial charge in [0.25, 0.3) is 5.91 Å². The second-order valence-electron chi connectivity index (χ2n) is 7.50. The predicted octanol–water partition coefficient (Wildman–Crippen LogP) is 6.19. The van der Waals surface area contributed by atoms with Crippen LogP contribution in [0.1, 0.15) is 43.5 Å². The van der Waals surface area contributed by atoms with Crippen LogP contribution in [0.15, 0.2) is 109 Å². The maximum atomic E-state index is 12.9. The van der Waals surface area contributed by atoms with Crippen LogP contribution in [-0.2, 0) is 4.74 Å². The van der Waals surface area contributed by atoms with E-state index in [9.17, 15) is 9.59 Å². The van der Waals surface area contributed by atoms with Gasteiger partial charge >= 0.3 is 5.97 Å². The highest BCUT2D eigenvalue weighted by Gasteiger charge is 2.20. The van der Waals surface area contributed by atoms with Crippen molar-refractivity contribution >= 4 is 17.6 Å². The second-order valence-corrected chi connectivity index (χ2v) is 7.50. The van der Waals surface area contributed by atoms with Crippen LogP contribution in [0.4, 0.5) is 5.69 Å². The van der Waals surface area contributed by atoms with Crippen molar-refractivity contribution in [2.24, 2.45) is 0 Å². The van der Waals surface area contributed by atoms with E-state index in [4.69, 9.17) is 4.74 Å². The Bertz CT molecular complexity index is 1150. The fraction of sp³-hybridized carbons (Fsp3) is 0.0714. The van der Waals surface area contributed by atoms with Crippen molar-refractivity contribution in [3.05, 3.63) is 137 Å². The summed E-state index contributed by atoms with van der Waals surface area (Å²) in [6.45, 7) is 1.97. The summed E-state index contributed by atoms with van der Waals surface area (Å²) in [5, 5.41) is 2.85. The van der Waals surface area contributed by atoms with Gasteiger partial charge in [0.1, 0.15) is 0 Å². The summed E-state index contributed by atoms with van der Waals surface area (Å²) in [6.07, 6.45) is -0.509. The van der Waals surface area contributed by atoms with Crippen LogP contribution in [-0.4, -0.2) is 11.9 Å². The van der Waals surface area contributed by atoms with Crippen molar-refractivity contribution in [2.75, 3.05) is 5.32 Å². The van der Waals surface area contributed by atoms with Gasteiger partial charge in [-0.1, -0.05) is 78.4 Å². The first-order valence-electron chi connectivity index (χ1n) is 10.4. The minimum atomic E-state index is -0.509. The molecule has 0 saturated carbocycles. The van der Waals surface area contributed by atoms with Crippen molar-refractivity contribution < 1.29 is 14.3 Å². The third-order valence-corrected chi connectivity index (χ3v) is 5.12. The average Bonchev–Trinajstić information content (AvgIpc) is 2.84. The molecule has 0 aliphatic heterocycles. The molecule has 1 N–H and O–H groups in total. The number of hydrogen-bond donors (Lipinski definition) is 1. The average molecular weight is 421 g/mol. The standard InChI is InChI=1S/C28H23NO3/c1-20-12-14-23(15-13-20)27(30)29-25-18-16-24(17-19-25)28(31)32-26(21-8-4-2-5-9-21)22-10-6-3-7-11-22/h2-19,26H,1H3,(H,29,30). The first-order valence-corrected chi connectivity index (χ1v) is 10.4. The van der Waals surface area contributed by atoms with Crippen molar-refractivity contribution in [2.45, 2.75) is 13.0 Å². The molecule has 0 radical (unpaired) electrons. The van der Waals surface area contributed by atoms with E-state index in [0.29, 0.717) is 16.8 Å².